The van der Waals surface area contributed by atoms with Gasteiger partial charge in [-0.1, -0.05) is 0 Å². The molecule has 4 heteroatoms. The van der Waals surface area contributed by atoms with Crippen molar-refractivity contribution in [3.63, 3.8) is 0 Å². The van der Waals surface area contributed by atoms with Gasteiger partial charge in [0.25, 0.3) is 0 Å². The zero-order chi connectivity index (χ0) is 12.5. The van der Waals surface area contributed by atoms with E-state index in [0.29, 0.717) is 0 Å². The highest BCUT2D eigenvalue weighted by Crippen LogP contribution is 2.06. The Hall–Kier alpha value is -0.160. The maximum absolute atomic E-state index is 5.35. The highest BCUT2D eigenvalue weighted by molar-refractivity contribution is 4.66. The molecule has 2 rings (SSSR count). The number of hydrogen-bond acceptors (Lipinski definition) is 4. The number of rotatable bonds is 8. The predicted octanol–water partition coefficient (Wildman–Crippen LogP) is 0.784. The van der Waals surface area contributed by atoms with Crippen LogP contribution in [0.3, 0.4) is 0 Å². The van der Waals surface area contributed by atoms with Crippen molar-refractivity contribution >= 4 is 0 Å². The highest BCUT2D eigenvalue weighted by atomic mass is 16.5. The van der Waals surface area contributed by atoms with Gasteiger partial charge in [0, 0.05) is 13.1 Å². The Labute approximate surface area is 112 Å². The van der Waals surface area contributed by atoms with Crippen LogP contribution in [-0.4, -0.2) is 75.4 Å². The van der Waals surface area contributed by atoms with E-state index in [1.165, 1.54) is 58.4 Å². The molecule has 0 aromatic heterocycles. The molecule has 0 atom stereocenters. The Balaban J connectivity index is 1.35. The van der Waals surface area contributed by atoms with Gasteiger partial charge in [0.15, 0.2) is 0 Å². The molecule has 2 aliphatic heterocycles. The van der Waals surface area contributed by atoms with Crippen LogP contribution in [-0.2, 0) is 4.74 Å². The van der Waals surface area contributed by atoms with Crippen molar-refractivity contribution in [2.75, 3.05) is 65.6 Å². The molecule has 0 aliphatic carbocycles. The summed E-state index contributed by atoms with van der Waals surface area (Å²) in [4.78, 5) is 5.10. The van der Waals surface area contributed by atoms with Crippen LogP contribution >= 0.6 is 0 Å². The van der Waals surface area contributed by atoms with Crippen LogP contribution in [0.1, 0.15) is 25.7 Å². The van der Waals surface area contributed by atoms with Gasteiger partial charge in [0.2, 0.25) is 0 Å². The van der Waals surface area contributed by atoms with Crippen molar-refractivity contribution in [1.82, 2.24) is 15.1 Å². The Morgan fingerprint density at radius 1 is 0.778 bits per heavy atom. The molecular formula is C14H29N3O. The molecule has 2 heterocycles. The van der Waals surface area contributed by atoms with Crippen molar-refractivity contribution < 1.29 is 4.74 Å². The number of nitrogens with zero attached hydrogens (tertiary/aromatic N) is 2. The summed E-state index contributed by atoms with van der Waals surface area (Å²) in [5.74, 6) is 0. The van der Waals surface area contributed by atoms with Gasteiger partial charge in [0.05, 0.1) is 13.2 Å². The molecule has 0 radical (unpaired) electrons. The Morgan fingerprint density at radius 2 is 1.33 bits per heavy atom. The average molecular weight is 255 g/mol. The fourth-order valence-corrected chi connectivity index (χ4v) is 2.81. The minimum Gasteiger partial charge on any atom is -0.379 e. The van der Waals surface area contributed by atoms with Crippen LogP contribution in [0.4, 0.5) is 0 Å². The Bertz CT molecular complexity index is 201. The van der Waals surface area contributed by atoms with Gasteiger partial charge in [-0.15, -0.1) is 0 Å². The lowest BCUT2D eigenvalue weighted by atomic mass is 10.3. The van der Waals surface area contributed by atoms with Crippen molar-refractivity contribution in [2.45, 2.75) is 25.7 Å². The normalized spacial score (nSPS) is 22.7. The maximum Gasteiger partial charge on any atom is 0.0594 e. The summed E-state index contributed by atoms with van der Waals surface area (Å²) in [6.07, 6.45) is 5.39. The molecule has 2 fully saturated rings. The topological polar surface area (TPSA) is 27.7 Å². The second kappa shape index (κ2) is 8.86. The van der Waals surface area contributed by atoms with E-state index in [2.05, 4.69) is 15.1 Å². The van der Waals surface area contributed by atoms with Gasteiger partial charge in [-0.25, -0.2) is 0 Å². The first kappa shape index (κ1) is 14.3. The van der Waals surface area contributed by atoms with Crippen LogP contribution in [0.15, 0.2) is 0 Å². The van der Waals surface area contributed by atoms with Gasteiger partial charge in [-0.05, 0) is 65.0 Å². The summed E-state index contributed by atoms with van der Waals surface area (Å²) in [5, 5.41) is 3.56. The summed E-state index contributed by atoms with van der Waals surface area (Å²) < 4.78 is 5.35. The first-order valence-corrected chi connectivity index (χ1v) is 7.68. The third-order valence-electron chi connectivity index (χ3n) is 3.96. The van der Waals surface area contributed by atoms with E-state index in [0.717, 1.165) is 32.8 Å². The molecule has 4 nitrogen and oxygen atoms in total. The molecule has 0 bridgehead atoms. The van der Waals surface area contributed by atoms with E-state index in [-0.39, 0.29) is 0 Å². The Kier molecular flexibility index (Phi) is 7.01. The zero-order valence-electron chi connectivity index (χ0n) is 11.7. The summed E-state index contributed by atoms with van der Waals surface area (Å²) in [5.41, 5.74) is 0. The third kappa shape index (κ3) is 5.65. The van der Waals surface area contributed by atoms with Gasteiger partial charge < -0.3 is 15.0 Å². The quantitative estimate of drug-likeness (QED) is 0.649. The largest absolute Gasteiger partial charge is 0.379 e. The lowest BCUT2D eigenvalue weighted by molar-refractivity contribution is 0.0374. The summed E-state index contributed by atoms with van der Waals surface area (Å²) in [6.45, 7) is 11.6. The second-order valence-electron chi connectivity index (χ2n) is 5.46. The fraction of sp³-hybridized carbons (Fsp3) is 1.00. The summed E-state index contributed by atoms with van der Waals surface area (Å²) in [6, 6.07) is 0. The van der Waals surface area contributed by atoms with Crippen LogP contribution < -0.4 is 5.32 Å². The van der Waals surface area contributed by atoms with Gasteiger partial charge >= 0.3 is 0 Å². The van der Waals surface area contributed by atoms with Crippen molar-refractivity contribution in [1.29, 1.82) is 0 Å². The fourth-order valence-electron chi connectivity index (χ4n) is 2.81. The first-order chi connectivity index (χ1) is 8.95. The van der Waals surface area contributed by atoms with Gasteiger partial charge in [-0.2, -0.15) is 0 Å². The predicted molar refractivity (Wildman–Crippen MR) is 75.0 cm³/mol. The molecule has 0 unspecified atom stereocenters. The SMILES string of the molecule is C1CCN(CCCNCCCN2CCOCC2)C1. The minimum atomic E-state index is 0.920. The van der Waals surface area contributed by atoms with E-state index in [1.807, 2.05) is 0 Å². The number of nitrogens with one attached hydrogen (secondary N) is 1. The van der Waals surface area contributed by atoms with Crippen molar-refractivity contribution in [3.05, 3.63) is 0 Å². The van der Waals surface area contributed by atoms with Crippen molar-refractivity contribution in [2.24, 2.45) is 0 Å². The lowest BCUT2D eigenvalue weighted by Gasteiger charge is -2.26. The monoisotopic (exact) mass is 255 g/mol. The van der Waals surface area contributed by atoms with Gasteiger partial charge in [0.1, 0.15) is 0 Å². The molecule has 0 aromatic rings. The van der Waals surface area contributed by atoms with Gasteiger partial charge in [-0.3, -0.25) is 4.90 Å². The zero-order valence-corrected chi connectivity index (χ0v) is 11.7. The molecule has 0 aromatic carbocycles. The van der Waals surface area contributed by atoms with E-state index in [4.69, 9.17) is 4.74 Å². The van der Waals surface area contributed by atoms with E-state index in [1.54, 1.807) is 0 Å². The summed E-state index contributed by atoms with van der Waals surface area (Å²) >= 11 is 0. The first-order valence-electron chi connectivity index (χ1n) is 7.68. The molecule has 0 spiro atoms. The molecule has 2 aliphatic rings. The lowest BCUT2D eigenvalue weighted by Crippen LogP contribution is -2.37. The molecule has 0 saturated carbocycles. The summed E-state index contributed by atoms with van der Waals surface area (Å²) in [7, 11) is 0. The minimum absolute atomic E-state index is 0.920. The van der Waals surface area contributed by atoms with E-state index in [9.17, 15) is 0 Å². The van der Waals surface area contributed by atoms with Crippen LogP contribution in [0.2, 0.25) is 0 Å². The molecule has 2 saturated heterocycles. The smallest absolute Gasteiger partial charge is 0.0594 e. The van der Waals surface area contributed by atoms with Crippen molar-refractivity contribution in [3.8, 4) is 0 Å². The number of hydrogen-bond donors (Lipinski definition) is 1. The number of likely N-dealkylation sites (tertiary alicyclic amines) is 1. The molecule has 1 N–H and O–H groups in total. The molecular weight excluding hydrogens is 226 g/mol. The standard InChI is InChI=1S/C14H29N3O/c1-2-8-16(7-1)9-3-5-15-6-4-10-17-11-13-18-14-12-17/h15H,1-14H2. The highest BCUT2D eigenvalue weighted by Gasteiger charge is 2.10. The van der Waals surface area contributed by atoms with E-state index < -0.39 is 0 Å². The maximum atomic E-state index is 5.35. The number of ether oxygens (including phenoxy) is 1. The van der Waals surface area contributed by atoms with Crippen LogP contribution in [0, 0.1) is 0 Å². The second-order valence-corrected chi connectivity index (χ2v) is 5.46. The third-order valence-corrected chi connectivity index (χ3v) is 3.96. The van der Waals surface area contributed by atoms with Crippen LogP contribution in [0.5, 0.6) is 0 Å². The molecule has 0 amide bonds. The van der Waals surface area contributed by atoms with Crippen LogP contribution in [0.25, 0.3) is 0 Å². The number of morpholine rings is 1. The molecule has 106 valence electrons. The van der Waals surface area contributed by atoms with E-state index >= 15 is 0 Å². The average Bonchev–Trinajstić information content (AvgIpc) is 2.92. The Morgan fingerprint density at radius 3 is 1.94 bits per heavy atom. The molecule has 18 heavy (non-hydrogen) atoms.